The molecule has 270 valence electrons. The monoisotopic (exact) mass is 701 g/mol. The van der Waals surface area contributed by atoms with E-state index in [2.05, 4.69) is 78.8 Å². The van der Waals surface area contributed by atoms with Crippen LogP contribution < -0.4 is 5.32 Å². The molecule has 12 heteroatoms. The summed E-state index contributed by atoms with van der Waals surface area (Å²) in [7, 11) is 0. The summed E-state index contributed by atoms with van der Waals surface area (Å²) in [6.07, 6.45) is 10.3. The number of carbonyl (C=O) groups excluding carboxylic acids is 2. The van der Waals surface area contributed by atoms with Crippen molar-refractivity contribution >= 4 is 17.9 Å². The number of aromatic nitrogens is 6. The van der Waals surface area contributed by atoms with Crippen molar-refractivity contribution in [1.82, 2.24) is 39.7 Å². The molecule has 3 aromatic heterocycles. The van der Waals surface area contributed by atoms with Gasteiger partial charge in [0.25, 0.3) is 0 Å². The molecule has 0 radical (unpaired) electrons. The third-order valence-corrected chi connectivity index (χ3v) is 9.75. The maximum absolute atomic E-state index is 13.8. The molecule has 2 aliphatic rings. The number of nitrogens with zero attached hydrogens (tertiary/aromatic N) is 6. The minimum Gasteiger partial charge on any atom is -0.444 e. The smallest absolute Gasteiger partial charge is 0.410 e. The fourth-order valence-corrected chi connectivity index (χ4v) is 7.10. The number of hydrogen-bond donors (Lipinski definition) is 3. The number of anilines is 1. The van der Waals surface area contributed by atoms with Crippen molar-refractivity contribution in [3.63, 3.8) is 0 Å². The van der Waals surface area contributed by atoms with Gasteiger partial charge in [0.2, 0.25) is 11.9 Å². The number of H-pyrrole nitrogens is 2. The summed E-state index contributed by atoms with van der Waals surface area (Å²) in [5.41, 5.74) is 5.52. The number of likely N-dealkylation sites (tertiary alicyclic amines) is 2. The predicted molar refractivity (Wildman–Crippen MR) is 200 cm³/mol. The van der Waals surface area contributed by atoms with Gasteiger partial charge < -0.3 is 24.9 Å². The normalized spacial score (nSPS) is 18.2. The SMILES string of the molecule is CC(C)[C@H](Nc1ncccn1)C(=O)N1CCC[C@H]1c1ncc(-c2ccc(-c3ccc(-c4cnc([C@H]5CCCN5C(=O)OC(C)(C)C)[nH]4)cc3)cc2)[nH]1. The van der Waals surface area contributed by atoms with E-state index in [4.69, 9.17) is 9.72 Å². The standard InChI is InChI=1S/C40H47N9O3/c1-25(2)34(47-38-41-19-8-20-42-38)37(50)48-21-6-9-32(48)35-43-23-30(45-35)28-15-11-26(12-16-28)27-13-17-29(18-14-27)31-24-44-36(46-31)33-10-7-22-49(33)39(51)52-40(3,4)5/h8,11-20,23-25,32-34H,6-7,9-10,21-22H2,1-5H3,(H,43,45)(H,44,46)(H,41,42,47)/t32-,33+,34-/m0/s1. The van der Waals surface area contributed by atoms with Gasteiger partial charge in [0.05, 0.1) is 35.9 Å². The molecular formula is C40H47N9O3. The van der Waals surface area contributed by atoms with Crippen molar-refractivity contribution in [3.8, 4) is 33.6 Å². The third-order valence-electron chi connectivity index (χ3n) is 9.75. The van der Waals surface area contributed by atoms with E-state index in [0.29, 0.717) is 19.0 Å². The van der Waals surface area contributed by atoms with Gasteiger partial charge in [-0.15, -0.1) is 0 Å². The van der Waals surface area contributed by atoms with Crippen LogP contribution >= 0.6 is 0 Å². The van der Waals surface area contributed by atoms with E-state index in [-0.39, 0.29) is 30.0 Å². The van der Waals surface area contributed by atoms with Crippen LogP contribution in [0.25, 0.3) is 33.6 Å². The second kappa shape index (κ2) is 14.6. The maximum atomic E-state index is 13.8. The number of benzene rings is 2. The molecule has 0 saturated carbocycles. The lowest BCUT2D eigenvalue weighted by Gasteiger charge is -2.30. The highest BCUT2D eigenvalue weighted by molar-refractivity contribution is 5.85. The quantitative estimate of drug-likeness (QED) is 0.141. The summed E-state index contributed by atoms with van der Waals surface area (Å²) in [5.74, 6) is 2.11. The summed E-state index contributed by atoms with van der Waals surface area (Å²) in [4.78, 5) is 55.2. The molecule has 52 heavy (non-hydrogen) atoms. The van der Waals surface area contributed by atoms with Gasteiger partial charge in [0, 0.05) is 25.5 Å². The van der Waals surface area contributed by atoms with Crippen LogP contribution in [-0.2, 0) is 9.53 Å². The predicted octanol–water partition coefficient (Wildman–Crippen LogP) is 7.80. The highest BCUT2D eigenvalue weighted by atomic mass is 16.6. The lowest BCUT2D eigenvalue weighted by Crippen LogP contribution is -2.45. The Morgan fingerprint density at radius 2 is 1.23 bits per heavy atom. The molecule has 2 aliphatic heterocycles. The summed E-state index contributed by atoms with van der Waals surface area (Å²) in [5, 5.41) is 3.25. The Morgan fingerprint density at radius 1 is 0.750 bits per heavy atom. The fourth-order valence-electron chi connectivity index (χ4n) is 7.10. The molecule has 3 atom stereocenters. The van der Waals surface area contributed by atoms with Crippen LogP contribution in [0.3, 0.4) is 0 Å². The Balaban J connectivity index is 1.00. The van der Waals surface area contributed by atoms with Crippen LogP contribution in [0.2, 0.25) is 0 Å². The number of amides is 2. The zero-order valence-electron chi connectivity index (χ0n) is 30.5. The number of nitrogens with one attached hydrogen (secondary N) is 3. The first kappa shape index (κ1) is 34.9. The molecule has 2 aromatic carbocycles. The molecule has 2 fully saturated rings. The molecule has 5 heterocycles. The van der Waals surface area contributed by atoms with Crippen LogP contribution in [0.1, 0.15) is 84.0 Å². The molecule has 0 spiro atoms. The molecule has 0 aliphatic carbocycles. The van der Waals surface area contributed by atoms with Gasteiger partial charge in [-0.3, -0.25) is 9.69 Å². The van der Waals surface area contributed by atoms with E-state index >= 15 is 0 Å². The first-order chi connectivity index (χ1) is 25.0. The lowest BCUT2D eigenvalue weighted by atomic mass is 10.0. The number of imidazole rings is 2. The molecular weight excluding hydrogens is 654 g/mol. The number of aromatic amines is 2. The van der Waals surface area contributed by atoms with Gasteiger partial charge in [-0.2, -0.15) is 0 Å². The van der Waals surface area contributed by atoms with Gasteiger partial charge in [0.15, 0.2) is 0 Å². The van der Waals surface area contributed by atoms with E-state index in [9.17, 15) is 9.59 Å². The summed E-state index contributed by atoms with van der Waals surface area (Å²) < 4.78 is 5.64. The average Bonchev–Trinajstić information content (AvgIpc) is 3.97. The minimum absolute atomic E-state index is 0.0323. The zero-order valence-corrected chi connectivity index (χ0v) is 30.5. The number of ether oxygens (including phenoxy) is 1. The van der Waals surface area contributed by atoms with E-state index in [1.807, 2.05) is 51.9 Å². The van der Waals surface area contributed by atoms with E-state index < -0.39 is 11.6 Å². The highest BCUT2D eigenvalue weighted by Gasteiger charge is 2.37. The molecule has 0 unspecified atom stereocenters. The van der Waals surface area contributed by atoms with Gasteiger partial charge in [-0.05, 0) is 80.7 Å². The van der Waals surface area contributed by atoms with Crippen LogP contribution in [0.5, 0.6) is 0 Å². The third kappa shape index (κ3) is 7.56. The first-order valence-corrected chi connectivity index (χ1v) is 18.2. The largest absolute Gasteiger partial charge is 0.444 e. The van der Waals surface area contributed by atoms with Gasteiger partial charge in [-0.1, -0.05) is 62.4 Å². The molecule has 2 amide bonds. The fraction of sp³-hybridized carbons (Fsp3) is 0.400. The van der Waals surface area contributed by atoms with Crippen LogP contribution in [0.4, 0.5) is 10.7 Å². The van der Waals surface area contributed by atoms with Crippen molar-refractivity contribution in [2.45, 2.75) is 84.0 Å². The topological polar surface area (TPSA) is 145 Å². The van der Waals surface area contributed by atoms with E-state index in [1.165, 1.54) is 0 Å². The van der Waals surface area contributed by atoms with Crippen LogP contribution in [0, 0.1) is 5.92 Å². The molecule has 7 rings (SSSR count). The average molecular weight is 702 g/mol. The van der Waals surface area contributed by atoms with Crippen molar-refractivity contribution in [2.24, 2.45) is 5.92 Å². The van der Waals surface area contributed by atoms with Crippen molar-refractivity contribution in [3.05, 3.63) is 91.0 Å². The highest BCUT2D eigenvalue weighted by Crippen LogP contribution is 2.35. The summed E-state index contributed by atoms with van der Waals surface area (Å²) >= 11 is 0. The van der Waals surface area contributed by atoms with E-state index in [1.54, 1.807) is 23.4 Å². The second-order valence-corrected chi connectivity index (χ2v) is 15.0. The Morgan fingerprint density at radius 3 is 1.73 bits per heavy atom. The molecule has 2 saturated heterocycles. The first-order valence-electron chi connectivity index (χ1n) is 18.2. The number of hydrogen-bond acceptors (Lipinski definition) is 8. The number of carbonyl (C=O) groups is 2. The Labute approximate surface area is 304 Å². The maximum Gasteiger partial charge on any atom is 0.410 e. The van der Waals surface area contributed by atoms with E-state index in [0.717, 1.165) is 71.0 Å². The number of rotatable bonds is 9. The van der Waals surface area contributed by atoms with Crippen LogP contribution in [0.15, 0.2) is 79.4 Å². The van der Waals surface area contributed by atoms with Crippen LogP contribution in [-0.4, -0.2) is 76.4 Å². The van der Waals surface area contributed by atoms with Gasteiger partial charge >= 0.3 is 6.09 Å². The lowest BCUT2D eigenvalue weighted by molar-refractivity contribution is -0.134. The Bertz CT molecular complexity index is 1980. The van der Waals surface area contributed by atoms with Crippen molar-refractivity contribution in [2.75, 3.05) is 18.4 Å². The molecule has 0 bridgehead atoms. The second-order valence-electron chi connectivity index (χ2n) is 15.0. The van der Waals surface area contributed by atoms with Crippen molar-refractivity contribution < 1.29 is 14.3 Å². The molecule has 5 aromatic rings. The Hall–Kier alpha value is -5.52. The summed E-state index contributed by atoms with van der Waals surface area (Å²) in [6.45, 7) is 11.1. The minimum atomic E-state index is -0.542. The Kier molecular flexibility index (Phi) is 9.81. The van der Waals surface area contributed by atoms with Crippen molar-refractivity contribution in [1.29, 1.82) is 0 Å². The molecule has 3 N–H and O–H groups in total. The summed E-state index contributed by atoms with van der Waals surface area (Å²) in [6, 6.07) is 17.9. The zero-order chi connectivity index (χ0) is 36.4. The van der Waals surface area contributed by atoms with Gasteiger partial charge in [-0.25, -0.2) is 24.7 Å². The molecule has 12 nitrogen and oxygen atoms in total. The van der Waals surface area contributed by atoms with Gasteiger partial charge in [0.1, 0.15) is 23.3 Å².